The van der Waals surface area contributed by atoms with Gasteiger partial charge in [-0.15, -0.1) is 0 Å². The van der Waals surface area contributed by atoms with Crippen LogP contribution in [0.4, 0.5) is 10.5 Å². The fourth-order valence-corrected chi connectivity index (χ4v) is 4.19. The monoisotopic (exact) mass is 366 g/mol. The molecule has 2 aromatic rings. The molecule has 2 N–H and O–H groups in total. The average molecular weight is 366 g/mol. The highest BCUT2D eigenvalue weighted by molar-refractivity contribution is 6.01. The minimum Gasteiger partial charge on any atom is -0.465 e. The quantitative estimate of drug-likeness (QED) is 0.875. The third kappa shape index (κ3) is 3.06. The molecule has 0 aliphatic carbocycles. The molecule has 0 unspecified atom stereocenters. The number of aliphatic hydroxyl groups is 1. The molecule has 140 valence electrons. The maximum atomic E-state index is 13.1. The van der Waals surface area contributed by atoms with E-state index >= 15 is 0 Å². The number of fused-ring (bicyclic) bond motifs is 1. The number of carbonyl (C=O) groups is 2. The second-order valence-electron chi connectivity index (χ2n) is 7.04. The second kappa shape index (κ2) is 7.04. The first-order chi connectivity index (χ1) is 13.1. The number of carboxylic acid groups (broad SMARTS) is 1. The van der Waals surface area contributed by atoms with Crippen molar-refractivity contribution in [3.63, 3.8) is 0 Å². The summed E-state index contributed by atoms with van der Waals surface area (Å²) in [4.78, 5) is 27.5. The Kier molecular flexibility index (Phi) is 4.58. The summed E-state index contributed by atoms with van der Waals surface area (Å²) < 4.78 is 0. The van der Waals surface area contributed by atoms with Crippen LogP contribution in [-0.2, 0) is 17.8 Å². The number of likely N-dealkylation sites (tertiary alicyclic amines) is 1. The first-order valence-corrected chi connectivity index (χ1v) is 9.23. The Morgan fingerprint density at radius 1 is 1.11 bits per heavy atom. The Balaban J connectivity index is 1.73. The molecule has 4 rings (SSSR count). The largest absolute Gasteiger partial charge is 0.465 e. The van der Waals surface area contributed by atoms with E-state index in [0.29, 0.717) is 25.9 Å². The lowest BCUT2D eigenvalue weighted by Gasteiger charge is -2.26. The van der Waals surface area contributed by atoms with Crippen LogP contribution in [0.15, 0.2) is 42.5 Å². The normalized spacial score (nSPS) is 18.6. The van der Waals surface area contributed by atoms with Crippen molar-refractivity contribution in [1.82, 2.24) is 4.90 Å². The van der Waals surface area contributed by atoms with Crippen LogP contribution in [0.25, 0.3) is 11.1 Å². The molecule has 0 saturated carbocycles. The van der Waals surface area contributed by atoms with E-state index in [9.17, 15) is 19.8 Å². The van der Waals surface area contributed by atoms with Crippen molar-refractivity contribution in [2.75, 3.05) is 18.0 Å². The molecule has 0 spiro atoms. The Hall–Kier alpha value is -2.86. The topological polar surface area (TPSA) is 81.1 Å². The zero-order valence-corrected chi connectivity index (χ0v) is 15.0. The first-order valence-electron chi connectivity index (χ1n) is 9.23. The fraction of sp³-hybridized carbons (Fsp3) is 0.333. The number of carbonyl (C=O) groups excluding carboxylic acids is 1. The predicted octanol–water partition coefficient (Wildman–Crippen LogP) is 2.88. The standard InChI is InChI=1S/C21H22N2O4/c24-13-14-11-17(15-5-2-1-3-6-15)16-8-10-22(19(16)12-14)20(25)18-7-4-9-23(18)21(26)27/h1-3,5-6,11-12,18,24H,4,7-10,13H2,(H,26,27)/t18-/m0/s1. The smallest absolute Gasteiger partial charge is 0.407 e. The maximum absolute atomic E-state index is 13.1. The Labute approximate surface area is 157 Å². The van der Waals surface area contributed by atoms with Gasteiger partial charge in [0.2, 0.25) is 5.91 Å². The number of hydrogen-bond acceptors (Lipinski definition) is 3. The van der Waals surface area contributed by atoms with E-state index in [-0.39, 0.29) is 12.5 Å². The van der Waals surface area contributed by atoms with E-state index in [1.54, 1.807) is 4.90 Å². The highest BCUT2D eigenvalue weighted by Gasteiger charge is 2.39. The Morgan fingerprint density at radius 2 is 1.89 bits per heavy atom. The minimum atomic E-state index is -1.04. The molecule has 0 bridgehead atoms. The lowest BCUT2D eigenvalue weighted by Crippen LogP contribution is -2.47. The zero-order valence-electron chi connectivity index (χ0n) is 15.0. The number of aliphatic hydroxyl groups excluding tert-OH is 1. The summed E-state index contributed by atoms with van der Waals surface area (Å²) in [5.41, 5.74) is 4.68. The lowest BCUT2D eigenvalue weighted by molar-refractivity contribution is -0.122. The highest BCUT2D eigenvalue weighted by atomic mass is 16.4. The molecule has 2 aliphatic rings. The summed E-state index contributed by atoms with van der Waals surface area (Å²) in [6.07, 6.45) is 0.938. The highest BCUT2D eigenvalue weighted by Crippen LogP contribution is 2.38. The third-order valence-electron chi connectivity index (χ3n) is 5.48. The molecule has 1 saturated heterocycles. The minimum absolute atomic E-state index is 0.111. The van der Waals surface area contributed by atoms with Gasteiger partial charge >= 0.3 is 6.09 Å². The number of hydrogen-bond donors (Lipinski definition) is 2. The molecule has 0 aromatic heterocycles. The van der Waals surface area contributed by atoms with Crippen molar-refractivity contribution in [3.8, 4) is 11.1 Å². The Bertz CT molecular complexity index is 881. The summed E-state index contributed by atoms with van der Waals surface area (Å²) in [5, 5.41) is 19.1. The SMILES string of the molecule is O=C([C@@H]1CCCN1C(=O)O)N1CCc2c(-c3ccccc3)cc(CO)cc21. The van der Waals surface area contributed by atoms with Gasteiger partial charge in [-0.05, 0) is 53.6 Å². The van der Waals surface area contributed by atoms with Crippen LogP contribution < -0.4 is 4.90 Å². The van der Waals surface area contributed by atoms with Gasteiger partial charge in [-0.2, -0.15) is 0 Å². The van der Waals surface area contributed by atoms with Crippen molar-refractivity contribution in [2.45, 2.75) is 31.9 Å². The Morgan fingerprint density at radius 3 is 2.59 bits per heavy atom. The van der Waals surface area contributed by atoms with Gasteiger partial charge in [0, 0.05) is 18.8 Å². The zero-order chi connectivity index (χ0) is 19.0. The van der Waals surface area contributed by atoms with Crippen LogP contribution in [-0.4, -0.2) is 46.2 Å². The molecule has 2 amide bonds. The summed E-state index contributed by atoms with van der Waals surface area (Å²) >= 11 is 0. The molecule has 1 atom stereocenters. The molecule has 2 heterocycles. The van der Waals surface area contributed by atoms with Crippen molar-refractivity contribution in [3.05, 3.63) is 53.6 Å². The molecule has 0 radical (unpaired) electrons. The van der Waals surface area contributed by atoms with Gasteiger partial charge in [0.15, 0.2) is 0 Å². The number of nitrogens with zero attached hydrogens (tertiary/aromatic N) is 2. The van der Waals surface area contributed by atoms with E-state index in [0.717, 1.165) is 34.4 Å². The second-order valence-corrected chi connectivity index (χ2v) is 7.04. The molecule has 6 heteroatoms. The van der Waals surface area contributed by atoms with E-state index < -0.39 is 12.1 Å². The average Bonchev–Trinajstić information content (AvgIpc) is 3.34. The van der Waals surface area contributed by atoms with E-state index in [2.05, 4.69) is 0 Å². The van der Waals surface area contributed by atoms with Gasteiger partial charge in [-0.3, -0.25) is 9.69 Å². The van der Waals surface area contributed by atoms with Crippen LogP contribution >= 0.6 is 0 Å². The summed E-state index contributed by atoms with van der Waals surface area (Å²) in [6.45, 7) is 0.824. The fourth-order valence-electron chi connectivity index (χ4n) is 4.19. The molecular weight excluding hydrogens is 344 g/mol. The van der Waals surface area contributed by atoms with E-state index in [4.69, 9.17) is 0 Å². The molecule has 6 nitrogen and oxygen atoms in total. The molecule has 2 aromatic carbocycles. The summed E-state index contributed by atoms with van der Waals surface area (Å²) in [6, 6.07) is 13.1. The van der Waals surface area contributed by atoms with Crippen molar-refractivity contribution < 1.29 is 19.8 Å². The van der Waals surface area contributed by atoms with Gasteiger partial charge in [-0.1, -0.05) is 30.3 Å². The predicted molar refractivity (Wildman–Crippen MR) is 102 cm³/mol. The lowest BCUT2D eigenvalue weighted by atomic mass is 9.95. The van der Waals surface area contributed by atoms with Gasteiger partial charge in [0.25, 0.3) is 0 Å². The van der Waals surface area contributed by atoms with Gasteiger partial charge in [0.1, 0.15) is 6.04 Å². The number of rotatable bonds is 3. The van der Waals surface area contributed by atoms with Gasteiger partial charge in [-0.25, -0.2) is 4.79 Å². The number of amides is 2. The van der Waals surface area contributed by atoms with Crippen LogP contribution in [0.3, 0.4) is 0 Å². The first kappa shape index (κ1) is 17.5. The van der Waals surface area contributed by atoms with Crippen LogP contribution in [0.1, 0.15) is 24.0 Å². The summed E-state index contributed by atoms with van der Waals surface area (Å²) in [7, 11) is 0. The van der Waals surface area contributed by atoms with Crippen molar-refractivity contribution >= 4 is 17.7 Å². The van der Waals surface area contributed by atoms with Crippen molar-refractivity contribution in [1.29, 1.82) is 0 Å². The van der Waals surface area contributed by atoms with Crippen LogP contribution in [0, 0.1) is 0 Å². The van der Waals surface area contributed by atoms with Gasteiger partial charge in [0.05, 0.1) is 6.61 Å². The maximum Gasteiger partial charge on any atom is 0.407 e. The van der Waals surface area contributed by atoms with Crippen LogP contribution in [0.2, 0.25) is 0 Å². The van der Waals surface area contributed by atoms with Gasteiger partial charge < -0.3 is 15.1 Å². The van der Waals surface area contributed by atoms with Crippen molar-refractivity contribution in [2.24, 2.45) is 0 Å². The van der Waals surface area contributed by atoms with E-state index in [1.165, 1.54) is 4.90 Å². The molecule has 2 aliphatic heterocycles. The third-order valence-corrected chi connectivity index (χ3v) is 5.48. The van der Waals surface area contributed by atoms with E-state index in [1.807, 2.05) is 42.5 Å². The molecule has 1 fully saturated rings. The molecular formula is C21H22N2O4. The molecule has 27 heavy (non-hydrogen) atoms. The summed E-state index contributed by atoms with van der Waals surface area (Å²) in [5.74, 6) is -0.164. The number of benzene rings is 2. The number of anilines is 1. The van der Waals surface area contributed by atoms with Crippen LogP contribution in [0.5, 0.6) is 0 Å².